The van der Waals surface area contributed by atoms with Crippen molar-refractivity contribution in [3.63, 3.8) is 0 Å². The van der Waals surface area contributed by atoms with Crippen molar-refractivity contribution < 1.29 is 4.74 Å². The molecule has 0 amide bonds. The Morgan fingerprint density at radius 1 is 1.41 bits per heavy atom. The largest absolute Gasteiger partial charge is 0.471 e. The Bertz CT molecular complexity index is 348. The van der Waals surface area contributed by atoms with Crippen LogP contribution in [0.3, 0.4) is 0 Å². The van der Waals surface area contributed by atoms with Gasteiger partial charge in [-0.3, -0.25) is 0 Å². The molecule has 0 fully saturated rings. The van der Waals surface area contributed by atoms with Gasteiger partial charge in [-0.05, 0) is 26.3 Å². The van der Waals surface area contributed by atoms with Crippen molar-refractivity contribution in [3.8, 4) is 5.88 Å². The van der Waals surface area contributed by atoms with Gasteiger partial charge in [0.2, 0.25) is 5.88 Å². The molecule has 1 N–H and O–H groups in total. The minimum atomic E-state index is -0.166. The van der Waals surface area contributed by atoms with Crippen LogP contribution in [-0.4, -0.2) is 16.6 Å². The number of rotatable bonds is 6. The molecule has 0 radical (unpaired) electrons. The molecule has 3 heteroatoms. The van der Waals surface area contributed by atoms with Crippen LogP contribution in [-0.2, 0) is 6.54 Å². The van der Waals surface area contributed by atoms with E-state index in [1.807, 2.05) is 6.07 Å². The van der Waals surface area contributed by atoms with E-state index in [-0.39, 0.29) is 5.60 Å². The highest BCUT2D eigenvalue weighted by Crippen LogP contribution is 2.22. The fourth-order valence-electron chi connectivity index (χ4n) is 1.30. The average molecular weight is 236 g/mol. The third-order valence-electron chi connectivity index (χ3n) is 2.78. The molecule has 0 saturated carbocycles. The second-order valence-electron chi connectivity index (χ2n) is 5.22. The number of hydrogen-bond acceptors (Lipinski definition) is 3. The van der Waals surface area contributed by atoms with Crippen LogP contribution in [0.1, 0.15) is 46.6 Å². The molecule has 0 aliphatic rings. The summed E-state index contributed by atoms with van der Waals surface area (Å²) in [5, 5.41) is 3.39. The quantitative estimate of drug-likeness (QED) is 0.824. The average Bonchev–Trinajstić information content (AvgIpc) is 2.27. The lowest BCUT2D eigenvalue weighted by Gasteiger charge is -2.25. The topological polar surface area (TPSA) is 34.1 Å². The first kappa shape index (κ1) is 14.0. The van der Waals surface area contributed by atoms with Crippen molar-refractivity contribution in [2.24, 2.45) is 0 Å². The van der Waals surface area contributed by atoms with E-state index in [0.717, 1.165) is 24.4 Å². The monoisotopic (exact) mass is 236 g/mol. The van der Waals surface area contributed by atoms with E-state index in [1.165, 1.54) is 0 Å². The molecule has 1 aromatic heterocycles. The molecule has 1 rings (SSSR count). The van der Waals surface area contributed by atoms with Crippen LogP contribution in [0.5, 0.6) is 5.88 Å². The summed E-state index contributed by atoms with van der Waals surface area (Å²) in [6.45, 7) is 11.3. The Kier molecular flexibility index (Phi) is 4.94. The molecule has 96 valence electrons. The third-order valence-corrected chi connectivity index (χ3v) is 2.78. The maximum atomic E-state index is 5.96. The van der Waals surface area contributed by atoms with Gasteiger partial charge in [0.15, 0.2) is 0 Å². The van der Waals surface area contributed by atoms with Crippen LogP contribution in [0.15, 0.2) is 18.3 Å². The SMILES string of the molecule is CCC(C)(C)Oc1ncccc1CNC(C)C. The first-order valence-corrected chi connectivity index (χ1v) is 6.31. The maximum absolute atomic E-state index is 5.96. The van der Waals surface area contributed by atoms with Gasteiger partial charge in [-0.1, -0.05) is 26.8 Å². The fourth-order valence-corrected chi connectivity index (χ4v) is 1.30. The lowest BCUT2D eigenvalue weighted by atomic mass is 10.1. The molecular weight excluding hydrogens is 212 g/mol. The molecule has 1 heterocycles. The molecule has 0 atom stereocenters. The van der Waals surface area contributed by atoms with Crippen molar-refractivity contribution in [3.05, 3.63) is 23.9 Å². The van der Waals surface area contributed by atoms with Crippen LogP contribution < -0.4 is 10.1 Å². The van der Waals surface area contributed by atoms with Crippen LogP contribution in [0.2, 0.25) is 0 Å². The number of nitrogens with zero attached hydrogens (tertiary/aromatic N) is 1. The number of nitrogens with one attached hydrogen (secondary N) is 1. The molecule has 0 bridgehead atoms. The molecule has 0 aliphatic carbocycles. The summed E-state index contributed by atoms with van der Waals surface area (Å²) in [5.41, 5.74) is 0.948. The standard InChI is InChI=1S/C14H24N2O/c1-6-14(4,5)17-13-12(8-7-9-15-13)10-16-11(2)3/h7-9,11,16H,6,10H2,1-5H3. The predicted molar refractivity (Wildman–Crippen MR) is 71.2 cm³/mol. The van der Waals surface area contributed by atoms with Crippen molar-refractivity contribution in [1.82, 2.24) is 10.3 Å². The molecular formula is C14H24N2O. The lowest BCUT2D eigenvalue weighted by molar-refractivity contribution is 0.0973. The zero-order valence-electron chi connectivity index (χ0n) is 11.6. The highest BCUT2D eigenvalue weighted by molar-refractivity contribution is 5.25. The van der Waals surface area contributed by atoms with E-state index in [0.29, 0.717) is 6.04 Å². The van der Waals surface area contributed by atoms with Crippen LogP contribution in [0, 0.1) is 0 Å². The van der Waals surface area contributed by atoms with Crippen LogP contribution in [0.25, 0.3) is 0 Å². The molecule has 17 heavy (non-hydrogen) atoms. The lowest BCUT2D eigenvalue weighted by Crippen LogP contribution is -2.29. The van der Waals surface area contributed by atoms with E-state index >= 15 is 0 Å². The van der Waals surface area contributed by atoms with Gasteiger partial charge in [-0.25, -0.2) is 4.98 Å². The molecule has 0 saturated heterocycles. The number of ether oxygens (including phenoxy) is 1. The Hall–Kier alpha value is -1.09. The van der Waals surface area contributed by atoms with Crippen LogP contribution >= 0.6 is 0 Å². The van der Waals surface area contributed by atoms with Crippen molar-refractivity contribution >= 4 is 0 Å². The van der Waals surface area contributed by atoms with E-state index in [1.54, 1.807) is 6.20 Å². The fraction of sp³-hybridized carbons (Fsp3) is 0.643. The zero-order chi connectivity index (χ0) is 12.9. The number of pyridine rings is 1. The summed E-state index contributed by atoms with van der Waals surface area (Å²) in [6, 6.07) is 4.47. The number of hydrogen-bond donors (Lipinski definition) is 1. The van der Waals surface area contributed by atoms with E-state index in [4.69, 9.17) is 4.74 Å². The Labute approximate surface area is 105 Å². The minimum Gasteiger partial charge on any atom is -0.471 e. The second kappa shape index (κ2) is 6.01. The van der Waals surface area contributed by atoms with Gasteiger partial charge in [0, 0.05) is 24.3 Å². The minimum absolute atomic E-state index is 0.166. The molecule has 0 unspecified atom stereocenters. The van der Waals surface area contributed by atoms with Crippen molar-refractivity contribution in [2.75, 3.05) is 0 Å². The summed E-state index contributed by atoms with van der Waals surface area (Å²) in [6.07, 6.45) is 2.74. The van der Waals surface area contributed by atoms with Gasteiger partial charge >= 0.3 is 0 Å². The van der Waals surface area contributed by atoms with Gasteiger partial charge in [-0.2, -0.15) is 0 Å². The highest BCUT2D eigenvalue weighted by Gasteiger charge is 2.19. The first-order valence-electron chi connectivity index (χ1n) is 6.31. The summed E-state index contributed by atoms with van der Waals surface area (Å²) >= 11 is 0. The maximum Gasteiger partial charge on any atom is 0.218 e. The third kappa shape index (κ3) is 4.73. The highest BCUT2D eigenvalue weighted by atomic mass is 16.5. The van der Waals surface area contributed by atoms with Crippen molar-refractivity contribution in [2.45, 2.75) is 59.2 Å². The van der Waals surface area contributed by atoms with Gasteiger partial charge in [0.05, 0.1) is 0 Å². The summed E-state index contributed by atoms with van der Waals surface area (Å²) in [5.74, 6) is 0.743. The molecule has 3 nitrogen and oxygen atoms in total. The van der Waals surface area contributed by atoms with Crippen molar-refractivity contribution in [1.29, 1.82) is 0 Å². The first-order chi connectivity index (χ1) is 7.94. The summed E-state index contributed by atoms with van der Waals surface area (Å²) in [4.78, 5) is 4.33. The molecule has 1 aromatic rings. The Balaban J connectivity index is 2.77. The van der Waals surface area contributed by atoms with Gasteiger partial charge in [0.25, 0.3) is 0 Å². The van der Waals surface area contributed by atoms with E-state index in [2.05, 4.69) is 51.0 Å². The molecule has 0 aromatic carbocycles. The van der Waals surface area contributed by atoms with Gasteiger partial charge in [0.1, 0.15) is 5.60 Å². The second-order valence-corrected chi connectivity index (χ2v) is 5.22. The molecule has 0 aliphatic heterocycles. The Morgan fingerprint density at radius 3 is 2.71 bits per heavy atom. The molecule has 0 spiro atoms. The van der Waals surface area contributed by atoms with E-state index < -0.39 is 0 Å². The van der Waals surface area contributed by atoms with Crippen LogP contribution in [0.4, 0.5) is 0 Å². The normalized spacial score (nSPS) is 11.9. The van der Waals surface area contributed by atoms with E-state index in [9.17, 15) is 0 Å². The smallest absolute Gasteiger partial charge is 0.218 e. The van der Waals surface area contributed by atoms with Gasteiger partial charge in [-0.15, -0.1) is 0 Å². The predicted octanol–water partition coefficient (Wildman–Crippen LogP) is 3.15. The Morgan fingerprint density at radius 2 is 2.12 bits per heavy atom. The summed E-state index contributed by atoms with van der Waals surface area (Å²) < 4.78 is 5.96. The number of aromatic nitrogens is 1. The van der Waals surface area contributed by atoms with Gasteiger partial charge < -0.3 is 10.1 Å². The summed E-state index contributed by atoms with van der Waals surface area (Å²) in [7, 11) is 0. The zero-order valence-corrected chi connectivity index (χ0v) is 11.6.